The molecule has 2 N–H and O–H groups in total. The van der Waals surface area contributed by atoms with Crippen molar-refractivity contribution in [2.45, 2.75) is 64.6 Å². The molecular weight excluding hydrogens is 464 g/mol. The summed E-state index contributed by atoms with van der Waals surface area (Å²) in [5.74, 6) is 1.93. The van der Waals surface area contributed by atoms with Gasteiger partial charge in [-0.2, -0.15) is 0 Å². The smallest absolute Gasteiger partial charge is 0.259 e. The molecule has 182 valence electrons. The van der Waals surface area contributed by atoms with Gasteiger partial charge in [0.2, 0.25) is 5.91 Å². The van der Waals surface area contributed by atoms with Crippen LogP contribution in [0.25, 0.3) is 10.2 Å². The maximum atomic E-state index is 12.6. The van der Waals surface area contributed by atoms with E-state index in [1.54, 1.807) is 11.3 Å². The maximum Gasteiger partial charge on any atom is 0.259 e. The molecule has 3 aromatic rings. The Labute approximate surface area is 209 Å². The third-order valence-corrected chi connectivity index (χ3v) is 8.95. The number of aromatic nitrogens is 2. The number of fused-ring (bicyclic) bond motifs is 1. The number of carbonyl (C=O) groups excluding carboxylic acids is 1. The number of rotatable bonds is 8. The average molecular weight is 499 g/mol. The van der Waals surface area contributed by atoms with Crippen molar-refractivity contribution in [2.24, 2.45) is 5.92 Å². The van der Waals surface area contributed by atoms with Crippen LogP contribution in [0.1, 0.15) is 54.1 Å². The number of aromatic amines is 1. The van der Waals surface area contributed by atoms with Gasteiger partial charge in [-0.25, -0.2) is 4.98 Å². The van der Waals surface area contributed by atoms with Crippen molar-refractivity contribution in [1.29, 1.82) is 0 Å². The molecule has 8 heteroatoms. The van der Waals surface area contributed by atoms with E-state index < -0.39 is 0 Å². The van der Waals surface area contributed by atoms with Crippen molar-refractivity contribution < 1.29 is 4.79 Å². The summed E-state index contributed by atoms with van der Waals surface area (Å²) in [6.07, 6.45) is 2.57. The van der Waals surface area contributed by atoms with Crippen LogP contribution in [0.2, 0.25) is 0 Å². The highest BCUT2D eigenvalue weighted by Crippen LogP contribution is 2.26. The summed E-state index contributed by atoms with van der Waals surface area (Å²) in [7, 11) is 0. The van der Waals surface area contributed by atoms with Crippen LogP contribution in [0.15, 0.2) is 29.1 Å². The lowest BCUT2D eigenvalue weighted by atomic mass is 9.99. The van der Waals surface area contributed by atoms with Gasteiger partial charge in [-0.3, -0.25) is 14.5 Å². The lowest BCUT2D eigenvalue weighted by Gasteiger charge is -2.30. The van der Waals surface area contributed by atoms with E-state index in [2.05, 4.69) is 51.4 Å². The number of nitrogens with zero attached hydrogens (tertiary/aromatic N) is 2. The molecule has 4 rings (SSSR count). The van der Waals surface area contributed by atoms with Crippen molar-refractivity contribution in [2.75, 3.05) is 13.1 Å². The number of nitrogens with one attached hydrogen (secondary N) is 2. The fraction of sp³-hybridized carbons (Fsp3) is 0.500. The zero-order valence-electron chi connectivity index (χ0n) is 20.4. The number of thiophene rings is 1. The van der Waals surface area contributed by atoms with Gasteiger partial charge in [0.05, 0.1) is 16.4 Å². The van der Waals surface area contributed by atoms with Gasteiger partial charge in [0.25, 0.3) is 5.56 Å². The fourth-order valence-corrected chi connectivity index (χ4v) is 6.05. The SMILES string of the molecule is Cc1sc2nc(CSC(C)C(=O)NCc3ccc(CN4CCC(C)CC4)cc3)[nH]c(=O)c2c1C. The van der Waals surface area contributed by atoms with Gasteiger partial charge in [-0.05, 0) is 69.3 Å². The van der Waals surface area contributed by atoms with E-state index in [1.165, 1.54) is 43.3 Å². The van der Waals surface area contributed by atoms with Crippen LogP contribution >= 0.6 is 23.1 Å². The summed E-state index contributed by atoms with van der Waals surface area (Å²) in [5, 5.41) is 3.47. The standard InChI is InChI=1S/C26H34N4O2S2/c1-16-9-11-30(12-10-16)14-21-7-5-20(6-8-21)13-27-24(31)19(4)33-15-22-28-25(32)23-17(2)18(3)34-26(23)29-22/h5-8,16,19H,9-15H2,1-4H3,(H,27,31)(H,28,29,32). The first-order valence-electron chi connectivity index (χ1n) is 12.0. The second-order valence-electron chi connectivity index (χ2n) is 9.42. The predicted octanol–water partition coefficient (Wildman–Crippen LogP) is 4.77. The molecule has 1 fully saturated rings. The first-order chi connectivity index (χ1) is 16.3. The van der Waals surface area contributed by atoms with Gasteiger partial charge >= 0.3 is 0 Å². The topological polar surface area (TPSA) is 78.1 Å². The van der Waals surface area contributed by atoms with Gasteiger partial charge in [0.1, 0.15) is 10.7 Å². The van der Waals surface area contributed by atoms with Crippen LogP contribution in [0.3, 0.4) is 0 Å². The molecule has 34 heavy (non-hydrogen) atoms. The van der Waals surface area contributed by atoms with Crippen molar-refractivity contribution in [3.8, 4) is 0 Å². The number of H-pyrrole nitrogens is 1. The third kappa shape index (κ3) is 6.09. The van der Waals surface area contributed by atoms with E-state index in [1.807, 2.05) is 20.8 Å². The molecule has 1 aromatic carbocycles. The highest BCUT2D eigenvalue weighted by Gasteiger charge is 2.17. The molecule has 1 unspecified atom stereocenters. The number of hydrogen-bond acceptors (Lipinski definition) is 6. The van der Waals surface area contributed by atoms with E-state index in [4.69, 9.17) is 0 Å². The molecule has 0 bridgehead atoms. The van der Waals surface area contributed by atoms with Gasteiger partial charge in [0.15, 0.2) is 0 Å². The van der Waals surface area contributed by atoms with E-state index in [9.17, 15) is 9.59 Å². The Hall–Kier alpha value is -2.16. The zero-order valence-corrected chi connectivity index (χ0v) is 22.1. The van der Waals surface area contributed by atoms with Gasteiger partial charge < -0.3 is 10.3 Å². The summed E-state index contributed by atoms with van der Waals surface area (Å²) in [6, 6.07) is 8.55. The molecule has 0 saturated carbocycles. The minimum Gasteiger partial charge on any atom is -0.351 e. The number of hydrogen-bond donors (Lipinski definition) is 2. The van der Waals surface area contributed by atoms with E-state index in [-0.39, 0.29) is 16.7 Å². The molecule has 0 aliphatic carbocycles. The maximum absolute atomic E-state index is 12.6. The molecule has 3 heterocycles. The lowest BCUT2D eigenvalue weighted by Crippen LogP contribution is -2.32. The van der Waals surface area contributed by atoms with Gasteiger partial charge in [-0.1, -0.05) is 31.2 Å². The fourth-order valence-electron chi connectivity index (χ4n) is 4.22. The largest absolute Gasteiger partial charge is 0.351 e. The lowest BCUT2D eigenvalue weighted by molar-refractivity contribution is -0.120. The minimum atomic E-state index is -0.242. The number of carbonyl (C=O) groups is 1. The highest BCUT2D eigenvalue weighted by atomic mass is 32.2. The van der Waals surface area contributed by atoms with Crippen LogP contribution < -0.4 is 10.9 Å². The Balaban J connectivity index is 1.24. The number of likely N-dealkylation sites (tertiary alicyclic amines) is 1. The third-order valence-electron chi connectivity index (χ3n) is 6.70. The number of thioether (sulfide) groups is 1. The Morgan fingerprint density at radius 1 is 1.24 bits per heavy atom. The summed E-state index contributed by atoms with van der Waals surface area (Å²) in [6.45, 7) is 12.1. The molecule has 0 radical (unpaired) electrons. The highest BCUT2D eigenvalue weighted by molar-refractivity contribution is 7.99. The summed E-state index contributed by atoms with van der Waals surface area (Å²) in [4.78, 5) is 36.9. The zero-order chi connectivity index (χ0) is 24.2. The Morgan fingerprint density at radius 2 is 1.91 bits per heavy atom. The van der Waals surface area contributed by atoms with Crippen LogP contribution in [0.5, 0.6) is 0 Å². The number of piperidine rings is 1. The van der Waals surface area contributed by atoms with Crippen molar-refractivity contribution in [3.05, 3.63) is 62.0 Å². The average Bonchev–Trinajstić information content (AvgIpc) is 3.11. The molecule has 6 nitrogen and oxygen atoms in total. The number of aryl methyl sites for hydroxylation is 2. The Bertz CT molecular complexity index is 1190. The first kappa shape index (κ1) is 24.9. The van der Waals surface area contributed by atoms with Crippen LogP contribution in [-0.2, 0) is 23.6 Å². The summed E-state index contributed by atoms with van der Waals surface area (Å²) < 4.78 is 0. The monoisotopic (exact) mass is 498 g/mol. The Kier molecular flexibility index (Phi) is 8.11. The number of amides is 1. The molecule has 1 saturated heterocycles. The van der Waals surface area contributed by atoms with Crippen LogP contribution in [-0.4, -0.2) is 39.1 Å². The molecule has 1 aliphatic heterocycles. The first-order valence-corrected chi connectivity index (χ1v) is 13.8. The Morgan fingerprint density at radius 3 is 2.62 bits per heavy atom. The van der Waals surface area contributed by atoms with E-state index >= 15 is 0 Å². The van der Waals surface area contributed by atoms with E-state index in [0.29, 0.717) is 23.5 Å². The van der Waals surface area contributed by atoms with Crippen LogP contribution in [0.4, 0.5) is 0 Å². The second kappa shape index (κ2) is 11.1. The van der Waals surface area contributed by atoms with Crippen molar-refractivity contribution in [3.63, 3.8) is 0 Å². The molecular formula is C26H34N4O2S2. The van der Waals surface area contributed by atoms with E-state index in [0.717, 1.165) is 33.3 Å². The quantitative estimate of drug-likeness (QED) is 0.468. The normalized spacial score (nSPS) is 16.1. The predicted molar refractivity (Wildman–Crippen MR) is 142 cm³/mol. The summed E-state index contributed by atoms with van der Waals surface area (Å²) in [5.41, 5.74) is 3.32. The van der Waals surface area contributed by atoms with Gasteiger partial charge in [-0.15, -0.1) is 23.1 Å². The van der Waals surface area contributed by atoms with Gasteiger partial charge in [0, 0.05) is 18.0 Å². The second-order valence-corrected chi connectivity index (χ2v) is 12.0. The number of benzene rings is 1. The molecule has 1 aliphatic rings. The summed E-state index contributed by atoms with van der Waals surface area (Å²) >= 11 is 3.02. The molecule has 2 aromatic heterocycles. The van der Waals surface area contributed by atoms with Crippen molar-refractivity contribution >= 4 is 39.2 Å². The molecule has 0 spiro atoms. The van der Waals surface area contributed by atoms with Crippen LogP contribution in [0, 0.1) is 19.8 Å². The molecule has 1 atom stereocenters. The minimum absolute atomic E-state index is 0.0113. The molecule has 1 amide bonds. The van der Waals surface area contributed by atoms with Crippen molar-refractivity contribution in [1.82, 2.24) is 20.2 Å².